The minimum Gasteiger partial charge on any atom is -0.292 e. The summed E-state index contributed by atoms with van der Waals surface area (Å²) in [6.07, 6.45) is 3.82. The molecule has 2 aromatic heterocycles. The molecule has 0 bridgehead atoms. The highest BCUT2D eigenvalue weighted by atomic mass is 16.1. The maximum atomic E-state index is 13.3. The van der Waals surface area contributed by atoms with Gasteiger partial charge in [0.15, 0.2) is 5.78 Å². The van der Waals surface area contributed by atoms with Crippen molar-refractivity contribution in [1.82, 2.24) is 19.6 Å². The van der Waals surface area contributed by atoms with Gasteiger partial charge in [-0.25, -0.2) is 9.36 Å². The fraction of sp³-hybridized carbons (Fsp3) is 0.217. The van der Waals surface area contributed by atoms with E-state index in [9.17, 15) is 9.59 Å². The summed E-state index contributed by atoms with van der Waals surface area (Å²) in [5.41, 5.74) is 3.50. The number of rotatable bonds is 5. The Morgan fingerprint density at radius 3 is 2.52 bits per heavy atom. The molecule has 0 saturated heterocycles. The third-order valence-corrected chi connectivity index (χ3v) is 5.41. The van der Waals surface area contributed by atoms with Crippen molar-refractivity contribution >= 4 is 16.7 Å². The van der Waals surface area contributed by atoms with Crippen molar-refractivity contribution in [3.05, 3.63) is 88.0 Å². The zero-order valence-electron chi connectivity index (χ0n) is 16.1. The number of fused-ring (bicyclic) bond motifs is 1. The van der Waals surface area contributed by atoms with E-state index >= 15 is 0 Å². The van der Waals surface area contributed by atoms with Gasteiger partial charge in [-0.3, -0.25) is 9.59 Å². The molecule has 0 amide bonds. The first kappa shape index (κ1) is 17.6. The zero-order valence-corrected chi connectivity index (χ0v) is 16.1. The van der Waals surface area contributed by atoms with Crippen molar-refractivity contribution in [2.45, 2.75) is 32.2 Å². The summed E-state index contributed by atoms with van der Waals surface area (Å²) >= 11 is 0. The summed E-state index contributed by atoms with van der Waals surface area (Å²) in [4.78, 5) is 26.1. The van der Waals surface area contributed by atoms with Crippen molar-refractivity contribution in [3.8, 4) is 5.69 Å². The van der Waals surface area contributed by atoms with Crippen molar-refractivity contribution in [3.63, 3.8) is 0 Å². The van der Waals surface area contributed by atoms with E-state index in [2.05, 4.69) is 10.2 Å². The van der Waals surface area contributed by atoms with Crippen molar-refractivity contribution < 1.29 is 4.79 Å². The average molecular weight is 384 g/mol. The largest absolute Gasteiger partial charge is 0.293 e. The van der Waals surface area contributed by atoms with Gasteiger partial charge in [-0.05, 0) is 31.4 Å². The Hall–Kier alpha value is -3.54. The Kier molecular flexibility index (Phi) is 4.12. The fourth-order valence-electron chi connectivity index (χ4n) is 3.69. The molecular weight excluding hydrogens is 364 g/mol. The number of para-hydroxylation sites is 1. The summed E-state index contributed by atoms with van der Waals surface area (Å²) < 4.78 is 2.99. The van der Waals surface area contributed by atoms with Gasteiger partial charge in [0.25, 0.3) is 5.56 Å². The number of benzene rings is 2. The predicted molar refractivity (Wildman–Crippen MR) is 111 cm³/mol. The Labute approximate surface area is 167 Å². The topological polar surface area (TPSA) is 69.8 Å². The van der Waals surface area contributed by atoms with Gasteiger partial charge >= 0.3 is 0 Å². The maximum Gasteiger partial charge on any atom is 0.293 e. The molecule has 0 atom stereocenters. The molecule has 0 aliphatic heterocycles. The van der Waals surface area contributed by atoms with Crippen LogP contribution >= 0.6 is 0 Å². The molecule has 1 fully saturated rings. The van der Waals surface area contributed by atoms with E-state index in [0.717, 1.165) is 35.2 Å². The molecule has 1 aliphatic rings. The van der Waals surface area contributed by atoms with Crippen LogP contribution in [-0.4, -0.2) is 25.3 Å². The highest BCUT2D eigenvalue weighted by Crippen LogP contribution is 2.41. The summed E-state index contributed by atoms with van der Waals surface area (Å²) in [5, 5.41) is 9.88. The Morgan fingerprint density at radius 1 is 1.07 bits per heavy atom. The van der Waals surface area contributed by atoms with Crippen LogP contribution in [0.2, 0.25) is 0 Å². The summed E-state index contributed by atoms with van der Waals surface area (Å²) in [6.45, 7) is 1.90. The number of ketones is 1. The molecule has 2 heterocycles. The number of nitrogens with zero attached hydrogens (tertiary/aromatic N) is 4. The molecule has 4 aromatic rings. The van der Waals surface area contributed by atoms with Crippen molar-refractivity contribution in [2.75, 3.05) is 0 Å². The number of Topliss-reactive ketones (excluding diaryl/α,β-unsaturated/α-hetero) is 1. The number of carbonyl (C=O) groups excluding carboxylic acids is 1. The van der Waals surface area contributed by atoms with E-state index in [4.69, 9.17) is 0 Å². The lowest BCUT2D eigenvalue weighted by molar-refractivity contribution is 0.0965. The second-order valence-electron chi connectivity index (χ2n) is 7.52. The van der Waals surface area contributed by atoms with Crippen LogP contribution in [0.3, 0.4) is 0 Å². The maximum absolute atomic E-state index is 13.3. The fourth-order valence-corrected chi connectivity index (χ4v) is 3.69. The summed E-state index contributed by atoms with van der Waals surface area (Å²) in [7, 11) is 0. The highest BCUT2D eigenvalue weighted by molar-refractivity contribution is 5.96. The Bertz CT molecular complexity index is 1280. The van der Waals surface area contributed by atoms with Crippen LogP contribution in [0.1, 0.15) is 40.4 Å². The quantitative estimate of drug-likeness (QED) is 0.493. The van der Waals surface area contributed by atoms with E-state index in [1.807, 2.05) is 49.4 Å². The van der Waals surface area contributed by atoms with Gasteiger partial charge in [0.05, 0.1) is 17.6 Å². The average Bonchev–Trinajstić information content (AvgIpc) is 3.49. The number of carbonyl (C=O) groups is 1. The summed E-state index contributed by atoms with van der Waals surface area (Å²) in [6, 6.07) is 16.8. The first-order chi connectivity index (χ1) is 14.1. The van der Waals surface area contributed by atoms with Gasteiger partial charge in [-0.1, -0.05) is 48.5 Å². The number of hydrogen-bond donors (Lipinski definition) is 0. The number of aromatic nitrogens is 4. The molecular formula is C23H20N4O2. The van der Waals surface area contributed by atoms with E-state index in [1.165, 1.54) is 4.68 Å². The molecule has 6 heteroatoms. The molecule has 0 N–H and O–H groups in total. The van der Waals surface area contributed by atoms with Gasteiger partial charge in [0, 0.05) is 16.9 Å². The van der Waals surface area contributed by atoms with Gasteiger partial charge in [-0.15, -0.1) is 0 Å². The standard InChI is InChI=1S/C23H20N4O2/c1-15-7-5-6-10-19(15)27-22-18(13-24-27)21(17-11-12-17)25-26(23(22)29)14-20(28)16-8-3-2-4-9-16/h2-10,13,17H,11-12,14H2,1H3. The lowest BCUT2D eigenvalue weighted by atomic mass is 10.1. The highest BCUT2D eigenvalue weighted by Gasteiger charge is 2.30. The van der Waals surface area contributed by atoms with E-state index in [1.54, 1.807) is 23.0 Å². The van der Waals surface area contributed by atoms with Gasteiger partial charge in [-0.2, -0.15) is 10.2 Å². The molecule has 2 aromatic carbocycles. The van der Waals surface area contributed by atoms with Crippen LogP contribution in [-0.2, 0) is 6.54 Å². The second-order valence-corrected chi connectivity index (χ2v) is 7.52. The zero-order chi connectivity index (χ0) is 20.0. The molecule has 29 heavy (non-hydrogen) atoms. The first-order valence-corrected chi connectivity index (χ1v) is 9.76. The molecule has 6 nitrogen and oxygen atoms in total. The molecule has 144 valence electrons. The van der Waals surface area contributed by atoms with Crippen molar-refractivity contribution in [1.29, 1.82) is 0 Å². The predicted octanol–water partition coefficient (Wildman–Crippen LogP) is 3.65. The van der Waals surface area contributed by atoms with Crippen LogP contribution in [0.15, 0.2) is 65.6 Å². The smallest absolute Gasteiger partial charge is 0.292 e. The summed E-state index contributed by atoms with van der Waals surface area (Å²) in [5.74, 6) is 0.189. The molecule has 1 aliphatic carbocycles. The van der Waals surface area contributed by atoms with Crippen LogP contribution in [0.25, 0.3) is 16.6 Å². The molecule has 5 rings (SSSR count). The van der Waals surface area contributed by atoms with Crippen LogP contribution < -0.4 is 5.56 Å². The van der Waals surface area contributed by atoms with Gasteiger partial charge in [0.2, 0.25) is 0 Å². The minimum atomic E-state index is -0.297. The van der Waals surface area contributed by atoms with E-state index in [0.29, 0.717) is 17.0 Å². The number of aryl methyl sites for hydroxylation is 1. The minimum absolute atomic E-state index is 0.0859. The van der Waals surface area contributed by atoms with Crippen LogP contribution in [0.5, 0.6) is 0 Å². The second kappa shape index (κ2) is 6.81. The lowest BCUT2D eigenvalue weighted by Crippen LogP contribution is -2.29. The van der Waals surface area contributed by atoms with E-state index < -0.39 is 0 Å². The molecule has 0 spiro atoms. The molecule has 1 saturated carbocycles. The van der Waals surface area contributed by atoms with Gasteiger partial charge in [0.1, 0.15) is 12.1 Å². The molecule has 0 unspecified atom stereocenters. The third-order valence-electron chi connectivity index (χ3n) is 5.41. The number of hydrogen-bond acceptors (Lipinski definition) is 4. The SMILES string of the molecule is Cc1ccccc1-n1ncc2c(C3CC3)nn(CC(=O)c3ccccc3)c(=O)c21. The molecule has 0 radical (unpaired) electrons. The van der Waals surface area contributed by atoms with Crippen LogP contribution in [0.4, 0.5) is 0 Å². The monoisotopic (exact) mass is 384 g/mol. The van der Waals surface area contributed by atoms with E-state index in [-0.39, 0.29) is 17.9 Å². The third kappa shape index (κ3) is 3.06. The Balaban J connectivity index is 1.68. The van der Waals surface area contributed by atoms with Crippen LogP contribution in [0, 0.1) is 6.92 Å². The first-order valence-electron chi connectivity index (χ1n) is 9.76. The lowest BCUT2D eigenvalue weighted by Gasteiger charge is -2.11. The normalized spacial score (nSPS) is 13.7. The Morgan fingerprint density at radius 2 is 1.79 bits per heavy atom. The van der Waals surface area contributed by atoms with Gasteiger partial charge < -0.3 is 0 Å². The van der Waals surface area contributed by atoms with Crippen molar-refractivity contribution in [2.24, 2.45) is 0 Å².